The van der Waals surface area contributed by atoms with Crippen molar-refractivity contribution in [2.24, 2.45) is 0 Å². The van der Waals surface area contributed by atoms with Crippen molar-refractivity contribution in [2.75, 3.05) is 6.61 Å². The summed E-state index contributed by atoms with van der Waals surface area (Å²) in [5, 5.41) is 9.79. The van der Waals surface area contributed by atoms with E-state index < -0.39 is 5.79 Å². The standard InChI is InChI=1S/C20H40O2/c1-2-3-4-5-6-7-8-9-10-11-12-13-14-15-16-17-20(21)18-19-22-20/h21H,2-19H2,1H3. The van der Waals surface area contributed by atoms with E-state index in [0.29, 0.717) is 0 Å². The summed E-state index contributed by atoms with van der Waals surface area (Å²) < 4.78 is 5.19. The van der Waals surface area contributed by atoms with Gasteiger partial charge >= 0.3 is 0 Å². The van der Waals surface area contributed by atoms with Crippen LogP contribution in [0.15, 0.2) is 0 Å². The molecule has 1 aliphatic rings. The van der Waals surface area contributed by atoms with Gasteiger partial charge < -0.3 is 9.84 Å². The van der Waals surface area contributed by atoms with Gasteiger partial charge in [-0.2, -0.15) is 0 Å². The number of unbranched alkanes of at least 4 members (excludes halogenated alkanes) is 14. The van der Waals surface area contributed by atoms with Gasteiger partial charge in [0.25, 0.3) is 0 Å². The SMILES string of the molecule is CCCCCCCCCCCCCCCCCC1(O)CCO1. The fourth-order valence-electron chi connectivity index (χ4n) is 3.31. The maximum atomic E-state index is 9.79. The Kier molecular flexibility index (Phi) is 12.1. The molecule has 2 heteroatoms. The number of aliphatic hydroxyl groups is 1. The summed E-state index contributed by atoms with van der Waals surface area (Å²) in [4.78, 5) is 0. The number of rotatable bonds is 16. The highest BCUT2D eigenvalue weighted by atomic mass is 16.6. The Morgan fingerprint density at radius 2 is 1.05 bits per heavy atom. The fraction of sp³-hybridized carbons (Fsp3) is 1.00. The Hall–Kier alpha value is -0.0800. The van der Waals surface area contributed by atoms with Gasteiger partial charge in [0, 0.05) is 12.8 Å². The lowest BCUT2D eigenvalue weighted by Crippen LogP contribution is -2.43. The Labute approximate surface area is 139 Å². The molecule has 0 aromatic rings. The average molecular weight is 313 g/mol. The average Bonchev–Trinajstić information content (AvgIpc) is 2.49. The zero-order valence-corrected chi connectivity index (χ0v) is 15.1. The van der Waals surface area contributed by atoms with Crippen molar-refractivity contribution >= 4 is 0 Å². The molecule has 1 atom stereocenters. The third-order valence-electron chi connectivity index (χ3n) is 5.03. The number of hydrogen-bond donors (Lipinski definition) is 1. The van der Waals surface area contributed by atoms with Crippen molar-refractivity contribution in [3.63, 3.8) is 0 Å². The van der Waals surface area contributed by atoms with Gasteiger partial charge in [-0.25, -0.2) is 0 Å². The van der Waals surface area contributed by atoms with Gasteiger partial charge in [0.2, 0.25) is 0 Å². The van der Waals surface area contributed by atoms with E-state index in [9.17, 15) is 5.11 Å². The quantitative estimate of drug-likeness (QED) is 0.336. The highest BCUT2D eigenvalue weighted by molar-refractivity contribution is 4.74. The van der Waals surface area contributed by atoms with E-state index >= 15 is 0 Å². The summed E-state index contributed by atoms with van der Waals surface area (Å²) in [6, 6.07) is 0. The van der Waals surface area contributed by atoms with Crippen molar-refractivity contribution in [3.05, 3.63) is 0 Å². The minimum atomic E-state index is -0.740. The van der Waals surface area contributed by atoms with Crippen LogP contribution in [-0.2, 0) is 4.74 Å². The Morgan fingerprint density at radius 1 is 0.682 bits per heavy atom. The van der Waals surface area contributed by atoms with Crippen LogP contribution >= 0.6 is 0 Å². The molecule has 0 bridgehead atoms. The normalized spacial score (nSPS) is 21.0. The van der Waals surface area contributed by atoms with Gasteiger partial charge in [0.05, 0.1) is 6.61 Å². The molecule has 1 unspecified atom stereocenters. The minimum Gasteiger partial charge on any atom is -0.365 e. The molecule has 1 rings (SSSR count). The van der Waals surface area contributed by atoms with E-state index in [1.807, 2.05) is 0 Å². The molecule has 0 aromatic carbocycles. The third-order valence-corrected chi connectivity index (χ3v) is 5.03. The van der Waals surface area contributed by atoms with Gasteiger partial charge in [0.1, 0.15) is 0 Å². The molecule has 0 amide bonds. The second-order valence-electron chi connectivity index (χ2n) is 7.24. The van der Waals surface area contributed by atoms with Crippen molar-refractivity contribution in [1.29, 1.82) is 0 Å². The zero-order chi connectivity index (χ0) is 15.9. The van der Waals surface area contributed by atoms with Crippen molar-refractivity contribution in [3.8, 4) is 0 Å². The molecule has 0 saturated carbocycles. The maximum Gasteiger partial charge on any atom is 0.167 e. The number of hydrogen-bond acceptors (Lipinski definition) is 2. The molecule has 22 heavy (non-hydrogen) atoms. The lowest BCUT2D eigenvalue weighted by atomic mass is 9.99. The molecule has 132 valence electrons. The second kappa shape index (κ2) is 13.4. The first-order valence-electron chi connectivity index (χ1n) is 10.1. The van der Waals surface area contributed by atoms with E-state index in [0.717, 1.165) is 25.9 Å². The van der Waals surface area contributed by atoms with Crippen LogP contribution in [0.5, 0.6) is 0 Å². The van der Waals surface area contributed by atoms with Gasteiger partial charge in [-0.1, -0.05) is 96.8 Å². The van der Waals surface area contributed by atoms with Crippen LogP contribution in [-0.4, -0.2) is 17.5 Å². The molecule has 1 saturated heterocycles. The predicted octanol–water partition coefficient (Wildman–Crippen LogP) is 6.36. The monoisotopic (exact) mass is 312 g/mol. The van der Waals surface area contributed by atoms with Gasteiger partial charge in [-0.05, 0) is 6.42 Å². The molecule has 0 radical (unpaired) electrons. The molecular weight excluding hydrogens is 272 g/mol. The molecule has 0 aliphatic carbocycles. The summed E-state index contributed by atoms with van der Waals surface area (Å²) in [5.41, 5.74) is 0. The lowest BCUT2D eigenvalue weighted by molar-refractivity contribution is -0.285. The Morgan fingerprint density at radius 3 is 1.36 bits per heavy atom. The first kappa shape index (κ1) is 20.0. The van der Waals surface area contributed by atoms with Crippen LogP contribution in [0.2, 0.25) is 0 Å². The summed E-state index contributed by atoms with van der Waals surface area (Å²) >= 11 is 0. The van der Waals surface area contributed by atoms with Crippen LogP contribution in [0.4, 0.5) is 0 Å². The Balaban J connectivity index is 1.66. The highest BCUT2D eigenvalue weighted by Crippen LogP contribution is 2.28. The summed E-state index contributed by atoms with van der Waals surface area (Å²) in [6.07, 6.45) is 22.5. The van der Waals surface area contributed by atoms with Crippen LogP contribution in [0.3, 0.4) is 0 Å². The molecular formula is C20H40O2. The molecule has 1 fully saturated rings. The van der Waals surface area contributed by atoms with Crippen LogP contribution in [0.25, 0.3) is 0 Å². The fourth-order valence-corrected chi connectivity index (χ4v) is 3.31. The molecule has 0 aromatic heterocycles. The van der Waals surface area contributed by atoms with Crippen molar-refractivity contribution in [1.82, 2.24) is 0 Å². The minimum absolute atomic E-state index is 0.740. The molecule has 0 spiro atoms. The maximum absolute atomic E-state index is 9.79. The first-order chi connectivity index (χ1) is 10.8. The molecule has 1 heterocycles. The molecule has 1 aliphatic heterocycles. The summed E-state index contributed by atoms with van der Waals surface area (Å²) in [6.45, 7) is 3.03. The zero-order valence-electron chi connectivity index (χ0n) is 15.1. The smallest absolute Gasteiger partial charge is 0.167 e. The van der Waals surface area contributed by atoms with Gasteiger partial charge in [0.15, 0.2) is 5.79 Å². The second-order valence-corrected chi connectivity index (χ2v) is 7.24. The topological polar surface area (TPSA) is 29.5 Å². The molecule has 2 nitrogen and oxygen atoms in total. The van der Waals surface area contributed by atoms with Gasteiger partial charge in [-0.3, -0.25) is 0 Å². The summed E-state index contributed by atoms with van der Waals surface area (Å²) in [7, 11) is 0. The van der Waals surface area contributed by atoms with Crippen LogP contribution < -0.4 is 0 Å². The number of ether oxygens (including phenoxy) is 1. The van der Waals surface area contributed by atoms with Gasteiger partial charge in [-0.15, -0.1) is 0 Å². The highest BCUT2D eigenvalue weighted by Gasteiger charge is 2.34. The van der Waals surface area contributed by atoms with E-state index in [-0.39, 0.29) is 0 Å². The van der Waals surface area contributed by atoms with Crippen LogP contribution in [0.1, 0.15) is 116 Å². The van der Waals surface area contributed by atoms with E-state index in [2.05, 4.69) is 6.92 Å². The summed E-state index contributed by atoms with van der Waals surface area (Å²) in [5.74, 6) is -0.740. The predicted molar refractivity (Wildman–Crippen MR) is 95.1 cm³/mol. The van der Waals surface area contributed by atoms with Crippen LogP contribution in [0, 0.1) is 0 Å². The Bertz CT molecular complexity index is 236. The largest absolute Gasteiger partial charge is 0.365 e. The van der Waals surface area contributed by atoms with E-state index in [4.69, 9.17) is 4.74 Å². The van der Waals surface area contributed by atoms with E-state index in [1.54, 1.807) is 0 Å². The third kappa shape index (κ3) is 10.6. The lowest BCUT2D eigenvalue weighted by Gasteiger charge is -2.36. The molecule has 1 N–H and O–H groups in total. The first-order valence-corrected chi connectivity index (χ1v) is 10.1. The van der Waals surface area contributed by atoms with Crippen molar-refractivity contribution in [2.45, 2.75) is 122 Å². The van der Waals surface area contributed by atoms with Crippen molar-refractivity contribution < 1.29 is 9.84 Å². The van der Waals surface area contributed by atoms with E-state index in [1.165, 1.54) is 89.9 Å².